The lowest BCUT2D eigenvalue weighted by Crippen LogP contribution is -2.36. The lowest BCUT2D eigenvalue weighted by Gasteiger charge is -2.14. The van der Waals surface area contributed by atoms with Gasteiger partial charge in [0.05, 0.1) is 4.91 Å². The van der Waals surface area contributed by atoms with E-state index in [1.54, 1.807) is 6.07 Å². The minimum atomic E-state index is -0.509. The van der Waals surface area contributed by atoms with Gasteiger partial charge in [0.2, 0.25) is 5.91 Å². The maximum Gasteiger partial charge on any atom is 0.294 e. The van der Waals surface area contributed by atoms with Gasteiger partial charge < -0.3 is 9.73 Å². The Hall–Kier alpha value is -3.23. The van der Waals surface area contributed by atoms with Crippen molar-refractivity contribution in [2.24, 2.45) is 0 Å². The maximum absolute atomic E-state index is 12.7. The summed E-state index contributed by atoms with van der Waals surface area (Å²) < 4.78 is 5.76. The molecule has 1 aliphatic rings. The first kappa shape index (κ1) is 22.0. The van der Waals surface area contributed by atoms with Crippen LogP contribution in [-0.2, 0) is 9.59 Å². The van der Waals surface area contributed by atoms with E-state index in [1.165, 1.54) is 17.8 Å². The largest absolute Gasteiger partial charge is 0.450 e. The molecule has 1 saturated heterocycles. The molecule has 1 aliphatic heterocycles. The molecule has 6 nitrogen and oxygen atoms in total. The van der Waals surface area contributed by atoms with Crippen LogP contribution in [-0.4, -0.2) is 28.5 Å². The number of anilines is 1. The fourth-order valence-corrected chi connectivity index (χ4v) is 4.66. The number of nitrogens with zero attached hydrogens (tertiary/aromatic N) is 1. The third-order valence-electron chi connectivity index (χ3n) is 4.68. The molecule has 0 saturated carbocycles. The second kappa shape index (κ2) is 9.50. The van der Waals surface area contributed by atoms with Gasteiger partial charge in [0.1, 0.15) is 12.3 Å². The number of benzene rings is 2. The normalized spacial score (nSPS) is 14.9. The number of carbonyl (C=O) groups is 3. The van der Waals surface area contributed by atoms with Crippen LogP contribution in [0.5, 0.6) is 0 Å². The van der Waals surface area contributed by atoms with E-state index in [9.17, 15) is 14.4 Å². The summed E-state index contributed by atoms with van der Waals surface area (Å²) in [6.07, 6.45) is 1.53. The molecular weight excluding hydrogens is 444 g/mol. The lowest BCUT2D eigenvalue weighted by atomic mass is 10.1. The van der Waals surface area contributed by atoms with Crippen LogP contribution in [0.15, 0.2) is 80.0 Å². The van der Waals surface area contributed by atoms with E-state index >= 15 is 0 Å². The van der Waals surface area contributed by atoms with Gasteiger partial charge >= 0.3 is 0 Å². The number of rotatable bonds is 6. The summed E-state index contributed by atoms with van der Waals surface area (Å²) in [4.78, 5) is 39.7. The van der Waals surface area contributed by atoms with E-state index < -0.39 is 17.1 Å². The van der Waals surface area contributed by atoms with Gasteiger partial charge in [-0.25, -0.2) is 0 Å². The van der Waals surface area contributed by atoms with Crippen LogP contribution in [0, 0.1) is 13.8 Å². The second-order valence-electron chi connectivity index (χ2n) is 7.21. The number of hydrogen-bond acceptors (Lipinski definition) is 6. The first-order chi connectivity index (χ1) is 15.4. The molecule has 162 valence electrons. The Balaban J connectivity index is 1.42. The van der Waals surface area contributed by atoms with Gasteiger partial charge in [-0.2, -0.15) is 0 Å². The fraction of sp³-hybridized carbons (Fsp3) is 0.125. The highest BCUT2D eigenvalue weighted by Crippen LogP contribution is 2.34. The molecule has 0 radical (unpaired) electrons. The van der Waals surface area contributed by atoms with E-state index in [0.29, 0.717) is 16.5 Å². The Labute approximate surface area is 194 Å². The van der Waals surface area contributed by atoms with Gasteiger partial charge in [-0.05, 0) is 67.1 Å². The molecule has 0 bridgehead atoms. The predicted molar refractivity (Wildman–Crippen MR) is 126 cm³/mol. The highest BCUT2D eigenvalue weighted by molar-refractivity contribution is 8.18. The van der Waals surface area contributed by atoms with Crippen LogP contribution in [0.3, 0.4) is 0 Å². The third kappa shape index (κ3) is 5.15. The van der Waals surface area contributed by atoms with Crippen molar-refractivity contribution < 1.29 is 18.8 Å². The average Bonchev–Trinajstić information content (AvgIpc) is 3.31. The zero-order valence-electron chi connectivity index (χ0n) is 17.5. The highest BCUT2D eigenvalue weighted by atomic mass is 32.2. The molecule has 8 heteroatoms. The van der Waals surface area contributed by atoms with E-state index in [0.717, 1.165) is 32.7 Å². The molecule has 4 rings (SSSR count). The molecule has 1 N–H and O–H groups in total. The Kier molecular flexibility index (Phi) is 6.53. The number of aryl methyl sites for hydroxylation is 2. The van der Waals surface area contributed by atoms with Gasteiger partial charge in [-0.15, -0.1) is 0 Å². The molecule has 2 heterocycles. The summed E-state index contributed by atoms with van der Waals surface area (Å²) in [6.45, 7) is 3.46. The van der Waals surface area contributed by atoms with Crippen molar-refractivity contribution >= 4 is 52.3 Å². The number of imide groups is 1. The quantitative estimate of drug-likeness (QED) is 0.470. The SMILES string of the molecule is Cc1ccc(C)c(NC(=O)CN2C(=O)S/C(=C\c3ccc(Sc4ccccc4)o3)C2=O)c1. The van der Waals surface area contributed by atoms with E-state index in [4.69, 9.17) is 4.42 Å². The minimum Gasteiger partial charge on any atom is -0.450 e. The fourth-order valence-electron chi connectivity index (χ4n) is 3.04. The van der Waals surface area contributed by atoms with Crippen LogP contribution in [0.2, 0.25) is 0 Å². The Morgan fingerprint density at radius 2 is 1.88 bits per heavy atom. The Bertz CT molecular complexity index is 1220. The van der Waals surface area contributed by atoms with Gasteiger partial charge in [0.25, 0.3) is 11.1 Å². The molecule has 3 amide bonds. The van der Waals surface area contributed by atoms with Gasteiger partial charge in [0.15, 0.2) is 5.09 Å². The summed E-state index contributed by atoms with van der Waals surface area (Å²) in [6, 6.07) is 19.0. The molecule has 32 heavy (non-hydrogen) atoms. The molecule has 1 fully saturated rings. The number of amides is 3. The number of hydrogen-bond donors (Lipinski definition) is 1. The van der Waals surface area contributed by atoms with Crippen LogP contribution in [0.4, 0.5) is 10.5 Å². The van der Waals surface area contributed by atoms with Crippen molar-refractivity contribution in [3.8, 4) is 0 Å². The van der Waals surface area contributed by atoms with E-state index in [2.05, 4.69) is 5.32 Å². The zero-order valence-corrected chi connectivity index (χ0v) is 19.1. The third-order valence-corrected chi connectivity index (χ3v) is 6.52. The van der Waals surface area contributed by atoms with Crippen LogP contribution < -0.4 is 5.32 Å². The van der Waals surface area contributed by atoms with Crippen molar-refractivity contribution in [1.29, 1.82) is 0 Å². The second-order valence-corrected chi connectivity index (χ2v) is 9.28. The predicted octanol–water partition coefficient (Wildman–Crippen LogP) is 5.72. The van der Waals surface area contributed by atoms with Crippen molar-refractivity contribution in [3.05, 3.63) is 82.5 Å². The molecule has 2 aromatic carbocycles. The minimum absolute atomic E-state index is 0.222. The molecule has 3 aromatic rings. The summed E-state index contributed by atoms with van der Waals surface area (Å²) >= 11 is 2.26. The maximum atomic E-state index is 12.7. The number of carbonyl (C=O) groups excluding carboxylic acids is 3. The Morgan fingerprint density at radius 3 is 2.66 bits per heavy atom. The number of thioether (sulfide) groups is 1. The first-order valence-corrected chi connectivity index (χ1v) is 11.5. The molecule has 0 aliphatic carbocycles. The van der Waals surface area contributed by atoms with Gasteiger partial charge in [0, 0.05) is 16.7 Å². The first-order valence-electron chi connectivity index (χ1n) is 9.84. The van der Waals surface area contributed by atoms with Crippen LogP contribution in [0.25, 0.3) is 6.08 Å². The summed E-state index contributed by atoms with van der Waals surface area (Å²) in [5.74, 6) is -0.472. The van der Waals surface area contributed by atoms with Gasteiger partial charge in [-0.3, -0.25) is 19.3 Å². The average molecular weight is 465 g/mol. The van der Waals surface area contributed by atoms with Gasteiger partial charge in [-0.1, -0.05) is 42.1 Å². The standard InChI is InChI=1S/C24H20N2O4S2/c1-15-8-9-16(2)19(12-15)25-21(27)14-26-23(28)20(32-24(26)29)13-17-10-11-22(30-17)31-18-6-4-3-5-7-18/h3-13H,14H2,1-2H3,(H,25,27)/b20-13-. The number of furan rings is 1. The van der Waals surface area contributed by atoms with Crippen molar-refractivity contribution in [3.63, 3.8) is 0 Å². The molecule has 1 aromatic heterocycles. The van der Waals surface area contributed by atoms with Crippen LogP contribution >= 0.6 is 23.5 Å². The molecular formula is C24H20N2O4S2. The number of nitrogens with one attached hydrogen (secondary N) is 1. The summed E-state index contributed by atoms with van der Waals surface area (Å²) in [5, 5.41) is 2.97. The molecule has 0 atom stereocenters. The topological polar surface area (TPSA) is 79.6 Å². The van der Waals surface area contributed by atoms with E-state index in [-0.39, 0.29) is 11.4 Å². The smallest absolute Gasteiger partial charge is 0.294 e. The van der Waals surface area contributed by atoms with Crippen LogP contribution in [0.1, 0.15) is 16.9 Å². The monoisotopic (exact) mass is 464 g/mol. The zero-order chi connectivity index (χ0) is 22.7. The van der Waals surface area contributed by atoms with Crippen molar-refractivity contribution in [1.82, 2.24) is 4.90 Å². The summed E-state index contributed by atoms with van der Waals surface area (Å²) in [5.41, 5.74) is 2.57. The van der Waals surface area contributed by atoms with Crippen molar-refractivity contribution in [2.45, 2.75) is 23.8 Å². The molecule has 0 unspecified atom stereocenters. The lowest BCUT2D eigenvalue weighted by molar-refractivity contribution is -0.127. The van der Waals surface area contributed by atoms with Crippen molar-refractivity contribution in [2.75, 3.05) is 11.9 Å². The molecule has 0 spiro atoms. The Morgan fingerprint density at radius 1 is 1.09 bits per heavy atom. The highest BCUT2D eigenvalue weighted by Gasteiger charge is 2.36. The van der Waals surface area contributed by atoms with E-state index in [1.807, 2.05) is 68.4 Å². The summed E-state index contributed by atoms with van der Waals surface area (Å²) in [7, 11) is 0.